The van der Waals surface area contributed by atoms with Gasteiger partial charge in [-0.3, -0.25) is 9.69 Å². The van der Waals surface area contributed by atoms with Crippen molar-refractivity contribution < 1.29 is 14.7 Å². The highest BCUT2D eigenvalue weighted by molar-refractivity contribution is 5.94. The third-order valence-corrected chi connectivity index (χ3v) is 5.53. The van der Waals surface area contributed by atoms with E-state index >= 15 is 0 Å². The molecule has 0 atom stereocenters. The van der Waals surface area contributed by atoms with Crippen molar-refractivity contribution in [1.29, 1.82) is 0 Å². The molecule has 0 saturated carbocycles. The molecule has 6 heteroatoms. The molecule has 2 N–H and O–H groups in total. The number of nitrogens with zero attached hydrogens (tertiary/aromatic N) is 2. The molecule has 6 nitrogen and oxygen atoms in total. The minimum atomic E-state index is -0.889. The molecule has 1 amide bonds. The molecular formula is C23H25N3O3. The van der Waals surface area contributed by atoms with Gasteiger partial charge in [-0.2, -0.15) is 0 Å². The van der Waals surface area contributed by atoms with Crippen molar-refractivity contribution in [3.63, 3.8) is 0 Å². The molecule has 2 aromatic rings. The lowest BCUT2D eigenvalue weighted by Gasteiger charge is -2.35. The van der Waals surface area contributed by atoms with E-state index in [4.69, 9.17) is 5.11 Å². The van der Waals surface area contributed by atoms with Gasteiger partial charge in [-0.05, 0) is 47.9 Å². The third-order valence-electron chi connectivity index (χ3n) is 5.53. The Balaban J connectivity index is 1.29. The Morgan fingerprint density at radius 2 is 1.90 bits per heavy atom. The molecule has 2 aliphatic rings. The Bertz CT molecular complexity index is 946. The number of benzene rings is 2. The first-order valence-electron chi connectivity index (χ1n) is 9.98. The third kappa shape index (κ3) is 4.66. The van der Waals surface area contributed by atoms with E-state index in [0.717, 1.165) is 56.1 Å². The van der Waals surface area contributed by atoms with Gasteiger partial charge >= 0.3 is 5.97 Å². The summed E-state index contributed by atoms with van der Waals surface area (Å²) in [4.78, 5) is 27.3. The minimum absolute atomic E-state index is 0.0922. The number of carbonyl (C=O) groups excluding carboxylic acids is 1. The van der Waals surface area contributed by atoms with Gasteiger partial charge in [0.15, 0.2) is 0 Å². The van der Waals surface area contributed by atoms with E-state index in [1.807, 2.05) is 18.2 Å². The number of fused-ring (bicyclic) bond motifs is 1. The number of nitrogens with one attached hydrogen (secondary N) is 1. The lowest BCUT2D eigenvalue weighted by molar-refractivity contribution is -0.116. The first-order valence-corrected chi connectivity index (χ1v) is 9.98. The number of carboxylic acid groups (broad SMARTS) is 1. The zero-order valence-electron chi connectivity index (χ0n) is 16.3. The molecule has 0 aromatic heterocycles. The molecule has 0 bridgehead atoms. The molecule has 29 heavy (non-hydrogen) atoms. The van der Waals surface area contributed by atoms with Crippen LogP contribution < -0.4 is 10.2 Å². The van der Waals surface area contributed by atoms with Crippen molar-refractivity contribution in [1.82, 2.24) is 4.90 Å². The average molecular weight is 391 g/mol. The maximum Gasteiger partial charge on any atom is 0.335 e. The highest BCUT2D eigenvalue weighted by Gasteiger charge is 2.17. The average Bonchev–Trinajstić information content (AvgIpc) is 2.74. The molecule has 4 rings (SSSR count). The summed E-state index contributed by atoms with van der Waals surface area (Å²) >= 11 is 0. The summed E-state index contributed by atoms with van der Waals surface area (Å²) in [6.45, 7) is 4.54. The second-order valence-electron chi connectivity index (χ2n) is 7.51. The zero-order chi connectivity index (χ0) is 20.2. The number of amides is 1. The molecule has 0 spiro atoms. The van der Waals surface area contributed by atoms with E-state index in [2.05, 4.69) is 33.3 Å². The van der Waals surface area contributed by atoms with Crippen molar-refractivity contribution in [2.45, 2.75) is 12.8 Å². The fourth-order valence-electron chi connectivity index (χ4n) is 3.87. The largest absolute Gasteiger partial charge is 0.478 e. The molecule has 1 saturated heterocycles. The van der Waals surface area contributed by atoms with Gasteiger partial charge in [0.2, 0.25) is 5.91 Å². The predicted octanol–water partition coefficient (Wildman–Crippen LogP) is 3.10. The van der Waals surface area contributed by atoms with Gasteiger partial charge in [0.05, 0.1) is 5.56 Å². The Hall–Kier alpha value is -3.12. The molecule has 150 valence electrons. The van der Waals surface area contributed by atoms with Crippen molar-refractivity contribution >= 4 is 29.3 Å². The first-order chi connectivity index (χ1) is 14.1. The van der Waals surface area contributed by atoms with E-state index in [1.165, 1.54) is 5.56 Å². The normalized spacial score (nSPS) is 17.2. The summed E-state index contributed by atoms with van der Waals surface area (Å²) in [5.41, 5.74) is 4.59. The Kier molecular flexibility index (Phi) is 5.62. The van der Waals surface area contributed by atoms with Crippen LogP contribution in [0.2, 0.25) is 0 Å². The quantitative estimate of drug-likeness (QED) is 0.819. The highest BCUT2D eigenvalue weighted by atomic mass is 16.4. The standard InChI is InChI=1S/C23H25N3O3/c27-22-9-7-18-15-17(6-8-21(18)24-22)3-2-10-25-11-13-26(14-12-25)20-5-1-4-19(16-20)23(28)29/h1-6,8,15-16H,7,9-14H2,(H,24,27)(H,28,29). The van der Waals surface area contributed by atoms with Crippen LogP contribution in [0.3, 0.4) is 0 Å². The fourth-order valence-corrected chi connectivity index (χ4v) is 3.87. The molecular weight excluding hydrogens is 366 g/mol. The second kappa shape index (κ2) is 8.49. The molecule has 0 unspecified atom stereocenters. The number of piperazine rings is 1. The number of carboxylic acids is 1. The number of aromatic carboxylic acids is 1. The van der Waals surface area contributed by atoms with Crippen molar-refractivity contribution in [2.24, 2.45) is 0 Å². The molecule has 1 fully saturated rings. The Morgan fingerprint density at radius 1 is 1.07 bits per heavy atom. The van der Waals surface area contributed by atoms with Crippen LogP contribution in [0.15, 0.2) is 48.5 Å². The maximum absolute atomic E-state index is 11.5. The van der Waals surface area contributed by atoms with E-state index < -0.39 is 5.97 Å². The van der Waals surface area contributed by atoms with Crippen LogP contribution in [0.4, 0.5) is 11.4 Å². The maximum atomic E-state index is 11.5. The van der Waals surface area contributed by atoms with Crippen LogP contribution in [0.1, 0.15) is 27.9 Å². The van der Waals surface area contributed by atoms with Crippen molar-refractivity contribution in [3.05, 3.63) is 65.2 Å². The van der Waals surface area contributed by atoms with Gasteiger partial charge in [0.25, 0.3) is 0 Å². The molecule has 0 radical (unpaired) electrons. The van der Waals surface area contributed by atoms with Crippen LogP contribution in [-0.4, -0.2) is 54.6 Å². The first kappa shape index (κ1) is 19.2. The number of aryl methyl sites for hydroxylation is 1. The van der Waals surface area contributed by atoms with E-state index in [0.29, 0.717) is 12.0 Å². The Morgan fingerprint density at radius 3 is 2.69 bits per heavy atom. The summed E-state index contributed by atoms with van der Waals surface area (Å²) in [5.74, 6) is -0.796. The van der Waals surface area contributed by atoms with Crippen LogP contribution in [0.5, 0.6) is 0 Å². The van der Waals surface area contributed by atoms with Crippen LogP contribution in [0, 0.1) is 0 Å². The molecule has 2 aliphatic heterocycles. The monoisotopic (exact) mass is 391 g/mol. The summed E-state index contributed by atoms with van der Waals surface area (Å²) in [6.07, 6.45) is 5.68. The van der Waals surface area contributed by atoms with Gasteiger partial charge in [-0.1, -0.05) is 24.3 Å². The number of rotatable bonds is 5. The smallest absolute Gasteiger partial charge is 0.335 e. The number of hydrogen-bond donors (Lipinski definition) is 2. The van der Waals surface area contributed by atoms with Gasteiger partial charge in [0.1, 0.15) is 0 Å². The van der Waals surface area contributed by atoms with E-state index in [1.54, 1.807) is 18.2 Å². The predicted molar refractivity (Wildman–Crippen MR) is 114 cm³/mol. The van der Waals surface area contributed by atoms with E-state index in [9.17, 15) is 9.59 Å². The van der Waals surface area contributed by atoms with Crippen molar-refractivity contribution in [3.8, 4) is 0 Å². The van der Waals surface area contributed by atoms with Gasteiger partial charge < -0.3 is 15.3 Å². The topological polar surface area (TPSA) is 72.9 Å². The van der Waals surface area contributed by atoms with Gasteiger partial charge in [0, 0.05) is 50.5 Å². The summed E-state index contributed by atoms with van der Waals surface area (Å²) < 4.78 is 0. The number of hydrogen-bond acceptors (Lipinski definition) is 4. The van der Waals surface area contributed by atoms with E-state index in [-0.39, 0.29) is 5.91 Å². The fraction of sp³-hybridized carbons (Fsp3) is 0.304. The van der Waals surface area contributed by atoms with Gasteiger partial charge in [-0.15, -0.1) is 0 Å². The SMILES string of the molecule is O=C1CCc2cc(C=CCN3CCN(c4cccc(C(=O)O)c4)CC3)ccc2N1. The molecule has 0 aliphatic carbocycles. The minimum Gasteiger partial charge on any atom is -0.478 e. The Labute approximate surface area is 170 Å². The molecule has 2 heterocycles. The highest BCUT2D eigenvalue weighted by Crippen LogP contribution is 2.24. The van der Waals surface area contributed by atoms with Crippen LogP contribution in [-0.2, 0) is 11.2 Å². The van der Waals surface area contributed by atoms with Crippen LogP contribution >= 0.6 is 0 Å². The number of anilines is 2. The summed E-state index contributed by atoms with van der Waals surface area (Å²) in [6, 6.07) is 13.3. The number of carbonyl (C=O) groups is 2. The lowest BCUT2D eigenvalue weighted by Crippen LogP contribution is -2.46. The zero-order valence-corrected chi connectivity index (χ0v) is 16.3. The van der Waals surface area contributed by atoms with Crippen molar-refractivity contribution in [2.75, 3.05) is 42.9 Å². The second-order valence-corrected chi connectivity index (χ2v) is 7.51. The summed E-state index contributed by atoms with van der Waals surface area (Å²) in [7, 11) is 0. The summed E-state index contributed by atoms with van der Waals surface area (Å²) in [5, 5.41) is 12.1. The van der Waals surface area contributed by atoms with Crippen LogP contribution in [0.25, 0.3) is 6.08 Å². The van der Waals surface area contributed by atoms with Gasteiger partial charge in [-0.25, -0.2) is 4.79 Å². The molecule has 2 aromatic carbocycles. The lowest BCUT2D eigenvalue weighted by atomic mass is 10.0.